The zero-order chi connectivity index (χ0) is 14.4. The van der Waals surface area contributed by atoms with Gasteiger partial charge < -0.3 is 5.32 Å². The Morgan fingerprint density at radius 2 is 1.43 bits per heavy atom. The molecule has 0 aromatic rings. The molecule has 120 valence electrons. The molecule has 0 heterocycles. The summed E-state index contributed by atoms with van der Waals surface area (Å²) in [5.41, 5.74) is 0.681. The van der Waals surface area contributed by atoms with Gasteiger partial charge in [-0.25, -0.2) is 0 Å². The molecule has 0 aliphatic heterocycles. The van der Waals surface area contributed by atoms with E-state index in [4.69, 9.17) is 0 Å². The Hall–Kier alpha value is -0.0400. The van der Waals surface area contributed by atoms with Crippen molar-refractivity contribution in [2.24, 2.45) is 29.1 Å². The molecular formula is C20H35N. The Morgan fingerprint density at radius 3 is 2.05 bits per heavy atom. The van der Waals surface area contributed by atoms with Crippen LogP contribution in [0.5, 0.6) is 0 Å². The molecule has 0 amide bonds. The predicted molar refractivity (Wildman–Crippen MR) is 89.2 cm³/mol. The Balaban J connectivity index is 1.45. The lowest BCUT2D eigenvalue weighted by Crippen LogP contribution is -2.57. The third-order valence-electron chi connectivity index (χ3n) is 7.83. The summed E-state index contributed by atoms with van der Waals surface area (Å²) in [7, 11) is 0. The molecule has 5 rings (SSSR count). The van der Waals surface area contributed by atoms with Crippen LogP contribution in [0.1, 0.15) is 84.5 Å². The third-order valence-corrected chi connectivity index (χ3v) is 7.83. The molecule has 5 aliphatic carbocycles. The topological polar surface area (TPSA) is 12.0 Å². The molecule has 4 bridgehead atoms. The minimum absolute atomic E-state index is 0.681. The van der Waals surface area contributed by atoms with Gasteiger partial charge in [0.2, 0.25) is 0 Å². The van der Waals surface area contributed by atoms with Crippen molar-refractivity contribution < 1.29 is 0 Å². The molecular weight excluding hydrogens is 254 g/mol. The van der Waals surface area contributed by atoms with Gasteiger partial charge in [-0.3, -0.25) is 0 Å². The number of hydrogen-bond acceptors (Lipinski definition) is 1. The van der Waals surface area contributed by atoms with E-state index in [2.05, 4.69) is 19.2 Å². The SMILES string of the molecule is CC1CCCCCC1NC(C)C12CC3CC(CC(C3)C1)C2. The van der Waals surface area contributed by atoms with Gasteiger partial charge in [0.25, 0.3) is 0 Å². The third kappa shape index (κ3) is 2.69. The van der Waals surface area contributed by atoms with Crippen LogP contribution in [-0.2, 0) is 0 Å². The van der Waals surface area contributed by atoms with Gasteiger partial charge in [-0.1, -0.05) is 26.2 Å². The van der Waals surface area contributed by atoms with Gasteiger partial charge in [0.15, 0.2) is 0 Å². The van der Waals surface area contributed by atoms with Crippen molar-refractivity contribution in [2.75, 3.05) is 0 Å². The maximum absolute atomic E-state index is 4.17. The number of rotatable bonds is 3. The first-order valence-corrected chi connectivity index (χ1v) is 9.91. The lowest BCUT2D eigenvalue weighted by Gasteiger charge is -2.59. The van der Waals surface area contributed by atoms with Crippen molar-refractivity contribution in [1.82, 2.24) is 5.32 Å². The molecule has 1 nitrogen and oxygen atoms in total. The van der Waals surface area contributed by atoms with Gasteiger partial charge >= 0.3 is 0 Å². The van der Waals surface area contributed by atoms with E-state index in [0.29, 0.717) is 5.41 Å². The maximum Gasteiger partial charge on any atom is 0.00981 e. The Labute approximate surface area is 131 Å². The number of hydrogen-bond donors (Lipinski definition) is 1. The predicted octanol–water partition coefficient (Wildman–Crippen LogP) is 5.15. The number of nitrogens with one attached hydrogen (secondary N) is 1. The highest BCUT2D eigenvalue weighted by Crippen LogP contribution is 2.61. The Bertz CT molecular complexity index is 339. The van der Waals surface area contributed by atoms with E-state index in [1.807, 2.05) is 0 Å². The van der Waals surface area contributed by atoms with Crippen LogP contribution in [0, 0.1) is 29.1 Å². The second kappa shape index (κ2) is 5.55. The summed E-state index contributed by atoms with van der Waals surface area (Å²) in [4.78, 5) is 0. The summed E-state index contributed by atoms with van der Waals surface area (Å²) in [6.07, 6.45) is 16.6. The first kappa shape index (κ1) is 14.5. The van der Waals surface area contributed by atoms with Crippen LogP contribution in [0.15, 0.2) is 0 Å². The van der Waals surface area contributed by atoms with Gasteiger partial charge in [0.1, 0.15) is 0 Å². The molecule has 0 aromatic carbocycles. The summed E-state index contributed by atoms with van der Waals surface area (Å²) in [5.74, 6) is 4.16. The molecule has 21 heavy (non-hydrogen) atoms. The first-order valence-electron chi connectivity index (χ1n) is 9.91. The van der Waals surface area contributed by atoms with Crippen LogP contribution in [0.2, 0.25) is 0 Å². The largest absolute Gasteiger partial charge is 0.311 e. The fraction of sp³-hybridized carbons (Fsp3) is 1.00. The van der Waals surface area contributed by atoms with Crippen LogP contribution in [0.3, 0.4) is 0 Å². The Morgan fingerprint density at radius 1 is 0.857 bits per heavy atom. The van der Waals surface area contributed by atoms with Crippen LogP contribution in [-0.4, -0.2) is 12.1 Å². The van der Waals surface area contributed by atoms with Crippen LogP contribution in [0.4, 0.5) is 0 Å². The van der Waals surface area contributed by atoms with Crippen LogP contribution >= 0.6 is 0 Å². The van der Waals surface area contributed by atoms with E-state index in [-0.39, 0.29) is 0 Å². The molecule has 1 N–H and O–H groups in total. The van der Waals surface area contributed by atoms with Crippen LogP contribution < -0.4 is 5.32 Å². The summed E-state index contributed by atoms with van der Waals surface area (Å²) in [6, 6.07) is 1.56. The minimum atomic E-state index is 0.681. The Kier molecular flexibility index (Phi) is 3.84. The van der Waals surface area contributed by atoms with E-state index < -0.39 is 0 Å². The molecule has 0 radical (unpaired) electrons. The van der Waals surface area contributed by atoms with Crippen molar-refractivity contribution in [3.05, 3.63) is 0 Å². The molecule has 3 unspecified atom stereocenters. The molecule has 5 aliphatic rings. The van der Waals surface area contributed by atoms with E-state index in [0.717, 1.165) is 35.8 Å². The molecule has 0 spiro atoms. The fourth-order valence-electron chi connectivity index (χ4n) is 6.95. The normalized spacial score (nSPS) is 50.9. The summed E-state index contributed by atoms with van der Waals surface area (Å²) >= 11 is 0. The van der Waals surface area contributed by atoms with Crippen molar-refractivity contribution in [3.63, 3.8) is 0 Å². The molecule has 5 fully saturated rings. The maximum atomic E-state index is 4.17. The second-order valence-corrected chi connectivity index (χ2v) is 9.39. The summed E-state index contributed by atoms with van der Waals surface area (Å²) in [6.45, 7) is 5.04. The monoisotopic (exact) mass is 289 g/mol. The quantitative estimate of drug-likeness (QED) is 0.708. The molecule has 3 atom stereocenters. The zero-order valence-electron chi connectivity index (χ0n) is 14.2. The summed E-state index contributed by atoms with van der Waals surface area (Å²) in [5, 5.41) is 4.17. The van der Waals surface area contributed by atoms with Crippen molar-refractivity contribution >= 4 is 0 Å². The summed E-state index contributed by atoms with van der Waals surface area (Å²) < 4.78 is 0. The van der Waals surface area contributed by atoms with Crippen molar-refractivity contribution in [1.29, 1.82) is 0 Å². The molecule has 0 saturated heterocycles. The van der Waals surface area contributed by atoms with Crippen LogP contribution in [0.25, 0.3) is 0 Å². The average Bonchev–Trinajstić information content (AvgIpc) is 2.62. The van der Waals surface area contributed by atoms with E-state index in [1.54, 1.807) is 38.5 Å². The lowest BCUT2D eigenvalue weighted by molar-refractivity contribution is -0.0731. The minimum Gasteiger partial charge on any atom is -0.311 e. The van der Waals surface area contributed by atoms with Gasteiger partial charge in [0.05, 0.1) is 0 Å². The van der Waals surface area contributed by atoms with E-state index in [1.165, 1.54) is 32.1 Å². The fourth-order valence-corrected chi connectivity index (χ4v) is 6.95. The van der Waals surface area contributed by atoms with Gasteiger partial charge in [-0.05, 0) is 87.4 Å². The highest BCUT2D eigenvalue weighted by Gasteiger charge is 2.53. The van der Waals surface area contributed by atoms with Crippen molar-refractivity contribution in [2.45, 2.75) is 96.6 Å². The van der Waals surface area contributed by atoms with Gasteiger partial charge in [-0.15, -0.1) is 0 Å². The average molecular weight is 290 g/mol. The molecule has 1 heteroatoms. The van der Waals surface area contributed by atoms with Gasteiger partial charge in [-0.2, -0.15) is 0 Å². The second-order valence-electron chi connectivity index (χ2n) is 9.39. The van der Waals surface area contributed by atoms with E-state index >= 15 is 0 Å². The van der Waals surface area contributed by atoms with E-state index in [9.17, 15) is 0 Å². The van der Waals surface area contributed by atoms with Crippen molar-refractivity contribution in [3.8, 4) is 0 Å². The highest BCUT2D eigenvalue weighted by molar-refractivity contribution is 5.05. The molecule has 0 aromatic heterocycles. The lowest BCUT2D eigenvalue weighted by atomic mass is 9.48. The first-order chi connectivity index (χ1) is 10.1. The zero-order valence-corrected chi connectivity index (χ0v) is 14.2. The smallest absolute Gasteiger partial charge is 0.00981 e. The molecule has 5 saturated carbocycles. The standard InChI is InChI=1S/C20H35N/c1-14-6-4-3-5-7-19(14)21-15(2)20-11-16-8-17(12-20)10-18(9-16)13-20/h14-19,21H,3-13H2,1-2H3. The van der Waals surface area contributed by atoms with Gasteiger partial charge in [0, 0.05) is 12.1 Å². The highest BCUT2D eigenvalue weighted by atomic mass is 15.0.